The normalized spacial score (nSPS) is 51.5. The molecule has 2 saturated heterocycles. The van der Waals surface area contributed by atoms with Gasteiger partial charge < -0.3 is 9.47 Å². The summed E-state index contributed by atoms with van der Waals surface area (Å²) in [5.41, 5.74) is 5.95. The molecule has 0 amide bonds. The third kappa shape index (κ3) is 1.19. The Labute approximate surface area is 147 Å². The molecule has 2 saturated carbocycles. The van der Waals surface area contributed by atoms with E-state index in [1.165, 1.54) is 28.7 Å². The molecule has 6 aliphatic rings. The van der Waals surface area contributed by atoms with Crippen molar-refractivity contribution >= 4 is 0 Å². The van der Waals surface area contributed by atoms with Crippen molar-refractivity contribution in [2.24, 2.45) is 35.5 Å². The zero-order valence-corrected chi connectivity index (χ0v) is 13.9. The van der Waals surface area contributed by atoms with Crippen LogP contribution in [0.5, 0.6) is 0 Å². The fraction of sp³-hybridized carbons (Fsp3) is 0.478. The van der Waals surface area contributed by atoms with Gasteiger partial charge in [0.15, 0.2) is 0 Å². The predicted molar refractivity (Wildman–Crippen MR) is 91.6 cm³/mol. The Morgan fingerprint density at radius 2 is 0.840 bits per heavy atom. The van der Waals surface area contributed by atoms with Crippen molar-refractivity contribution < 1.29 is 9.47 Å². The van der Waals surface area contributed by atoms with Crippen LogP contribution in [0.1, 0.15) is 53.1 Å². The van der Waals surface area contributed by atoms with Gasteiger partial charge in [0.1, 0.15) is 0 Å². The van der Waals surface area contributed by atoms with Crippen molar-refractivity contribution in [2.45, 2.75) is 30.8 Å². The lowest BCUT2D eigenvalue weighted by molar-refractivity contribution is 0.0144. The van der Waals surface area contributed by atoms with Crippen molar-refractivity contribution in [1.29, 1.82) is 0 Å². The molecule has 4 fully saturated rings. The van der Waals surface area contributed by atoms with Crippen LogP contribution in [0.2, 0.25) is 0 Å². The van der Waals surface area contributed by atoms with Crippen molar-refractivity contribution in [3.8, 4) is 0 Å². The third-order valence-electron chi connectivity index (χ3n) is 8.61. The molecule has 2 aromatic rings. The number of ether oxygens (including phenoxy) is 2. The van der Waals surface area contributed by atoms with E-state index in [1.54, 1.807) is 0 Å². The second-order valence-electron chi connectivity index (χ2n) is 9.09. The molecule has 2 heteroatoms. The van der Waals surface area contributed by atoms with Crippen LogP contribution in [0.15, 0.2) is 48.5 Å². The first-order valence-electron chi connectivity index (χ1n) is 9.90. The minimum Gasteiger partial charge on any atom is -0.365 e. The van der Waals surface area contributed by atoms with Crippen LogP contribution in [-0.4, -0.2) is 0 Å². The minimum atomic E-state index is 0.358. The summed E-state index contributed by atoms with van der Waals surface area (Å²) in [6, 6.07) is 18.0. The zero-order chi connectivity index (χ0) is 15.9. The summed E-state index contributed by atoms with van der Waals surface area (Å²) < 4.78 is 13.2. The average Bonchev–Trinajstić information content (AvgIpc) is 3.46. The van der Waals surface area contributed by atoms with Gasteiger partial charge in [0, 0.05) is 0 Å². The van der Waals surface area contributed by atoms with Crippen LogP contribution in [0.25, 0.3) is 0 Å². The van der Waals surface area contributed by atoms with Crippen LogP contribution >= 0.6 is 0 Å². The van der Waals surface area contributed by atoms with E-state index in [4.69, 9.17) is 9.47 Å². The van der Waals surface area contributed by atoms with E-state index in [2.05, 4.69) is 48.5 Å². The number of hydrogen-bond donors (Lipinski definition) is 0. The van der Waals surface area contributed by atoms with Gasteiger partial charge in [-0.2, -0.15) is 0 Å². The highest BCUT2D eigenvalue weighted by atomic mass is 16.5. The SMILES string of the molecule is c1ccc2c(c1)[C@H]1O[C@@H]2[C@H]2C3CC([C@H]21)[C@H]1[C@@H]3[C@H]2O[C@@H]1c1ccccc12. The maximum atomic E-state index is 6.58. The Morgan fingerprint density at radius 3 is 1.16 bits per heavy atom. The van der Waals surface area contributed by atoms with Crippen LogP contribution in [0.4, 0.5) is 0 Å². The third-order valence-corrected chi connectivity index (χ3v) is 8.61. The van der Waals surface area contributed by atoms with Gasteiger partial charge in [-0.1, -0.05) is 48.5 Å². The predicted octanol–water partition coefficient (Wildman–Crippen LogP) is 4.75. The Bertz CT molecular complexity index is 790. The maximum absolute atomic E-state index is 6.58. The van der Waals surface area contributed by atoms with Crippen molar-refractivity contribution in [3.63, 3.8) is 0 Å². The summed E-state index contributed by atoms with van der Waals surface area (Å²) in [5.74, 6) is 4.54. The van der Waals surface area contributed by atoms with Crippen LogP contribution in [0, 0.1) is 35.5 Å². The molecule has 0 radical (unpaired) electrons. The molecule has 0 spiro atoms. The van der Waals surface area contributed by atoms with Gasteiger partial charge >= 0.3 is 0 Å². The molecule has 4 aliphatic heterocycles. The summed E-state index contributed by atoms with van der Waals surface area (Å²) in [6.07, 6.45) is 2.85. The molecule has 124 valence electrons. The first-order chi connectivity index (χ1) is 12.4. The van der Waals surface area contributed by atoms with E-state index >= 15 is 0 Å². The second-order valence-corrected chi connectivity index (χ2v) is 9.09. The molecule has 6 bridgehead atoms. The first-order valence-corrected chi connectivity index (χ1v) is 9.90. The molecule has 0 N–H and O–H groups in total. The lowest BCUT2D eigenvalue weighted by Crippen LogP contribution is -2.39. The molecule has 2 unspecified atom stereocenters. The molecule has 0 aromatic heterocycles. The van der Waals surface area contributed by atoms with Gasteiger partial charge in [0.25, 0.3) is 0 Å². The van der Waals surface area contributed by atoms with E-state index in [9.17, 15) is 0 Å². The highest BCUT2D eigenvalue weighted by Crippen LogP contribution is 2.79. The van der Waals surface area contributed by atoms with Crippen molar-refractivity contribution in [3.05, 3.63) is 70.8 Å². The minimum absolute atomic E-state index is 0.358. The van der Waals surface area contributed by atoms with E-state index in [1.807, 2.05) is 0 Å². The quantitative estimate of drug-likeness (QED) is 0.694. The Morgan fingerprint density at radius 1 is 0.520 bits per heavy atom. The molecule has 8 rings (SSSR count). The highest BCUT2D eigenvalue weighted by Gasteiger charge is 2.73. The molecule has 25 heavy (non-hydrogen) atoms. The zero-order valence-electron chi connectivity index (χ0n) is 13.9. The number of rotatable bonds is 0. The lowest BCUT2D eigenvalue weighted by Gasteiger charge is -2.42. The average molecular weight is 328 g/mol. The highest BCUT2D eigenvalue weighted by molar-refractivity contribution is 5.44. The molecular weight excluding hydrogens is 308 g/mol. The Balaban J connectivity index is 1.28. The molecule has 2 nitrogen and oxygen atoms in total. The largest absolute Gasteiger partial charge is 0.365 e. The van der Waals surface area contributed by atoms with Gasteiger partial charge in [-0.05, 0) is 64.2 Å². The van der Waals surface area contributed by atoms with Gasteiger partial charge in [0.2, 0.25) is 0 Å². The standard InChI is InChI=1S/C23H20O2/c1-2-6-11-10(5-1)20-16-14-9-15(17(16)21(11)24-20)19-18(14)22-12-7-3-4-8-13(12)23(19)25-22/h1-8,14-23H,9H2/t14?,15?,16-,17+,18+,19-,20-,21+,22-,23+. The first kappa shape index (κ1) is 12.7. The summed E-state index contributed by atoms with van der Waals surface area (Å²) in [4.78, 5) is 0. The Kier molecular flexibility index (Phi) is 1.96. The van der Waals surface area contributed by atoms with E-state index in [0.29, 0.717) is 24.4 Å². The monoisotopic (exact) mass is 328 g/mol. The fourth-order valence-electron chi connectivity index (χ4n) is 8.16. The molecule has 4 heterocycles. The molecular formula is C23H20O2. The summed E-state index contributed by atoms with van der Waals surface area (Å²) in [7, 11) is 0. The fourth-order valence-corrected chi connectivity index (χ4v) is 8.16. The summed E-state index contributed by atoms with van der Waals surface area (Å²) in [5, 5.41) is 0. The summed E-state index contributed by atoms with van der Waals surface area (Å²) in [6.45, 7) is 0. The molecule has 10 atom stereocenters. The van der Waals surface area contributed by atoms with Crippen molar-refractivity contribution in [2.75, 3.05) is 0 Å². The Hall–Kier alpha value is -1.64. The molecule has 2 aromatic carbocycles. The molecule has 2 aliphatic carbocycles. The van der Waals surface area contributed by atoms with Gasteiger partial charge in [-0.15, -0.1) is 0 Å². The topological polar surface area (TPSA) is 18.5 Å². The lowest BCUT2D eigenvalue weighted by atomic mass is 9.58. The smallest absolute Gasteiger partial charge is 0.0871 e. The van der Waals surface area contributed by atoms with Crippen LogP contribution in [0.3, 0.4) is 0 Å². The van der Waals surface area contributed by atoms with E-state index < -0.39 is 0 Å². The van der Waals surface area contributed by atoms with Gasteiger partial charge in [-0.25, -0.2) is 0 Å². The summed E-state index contributed by atoms with van der Waals surface area (Å²) >= 11 is 0. The number of fused-ring (bicyclic) bond motifs is 22. The van der Waals surface area contributed by atoms with Gasteiger partial charge in [0.05, 0.1) is 24.4 Å². The van der Waals surface area contributed by atoms with E-state index in [-0.39, 0.29) is 0 Å². The number of benzene rings is 2. The van der Waals surface area contributed by atoms with Crippen molar-refractivity contribution in [1.82, 2.24) is 0 Å². The van der Waals surface area contributed by atoms with E-state index in [0.717, 1.165) is 35.5 Å². The number of hydrogen-bond acceptors (Lipinski definition) is 2. The second kappa shape index (κ2) is 3.87. The maximum Gasteiger partial charge on any atom is 0.0871 e. The van der Waals surface area contributed by atoms with Gasteiger partial charge in [-0.3, -0.25) is 0 Å². The van der Waals surface area contributed by atoms with Crippen LogP contribution in [-0.2, 0) is 9.47 Å². The van der Waals surface area contributed by atoms with Crippen LogP contribution < -0.4 is 0 Å².